The molecular formula is C30H32ClN3O6. The van der Waals surface area contributed by atoms with Crippen LogP contribution in [0.25, 0.3) is 16.5 Å². The number of hydrogen-bond donors (Lipinski definition) is 2. The molecule has 2 atom stereocenters. The fourth-order valence-electron chi connectivity index (χ4n) is 5.16. The van der Waals surface area contributed by atoms with Crippen molar-refractivity contribution in [2.24, 2.45) is 5.92 Å². The standard InChI is InChI=1S/C30H32ClN3O6/c1-15-13-21(17(3)32-23-7-8-24(31)33-25(23)29(36)37)28-22(14-15)26(35)16(2)27(40-28)20-9-11-34(12-10-20)30(38)39-18(4)19-5-6-19/h7-9,13-14,17-19,32H,5-6,10-12H2,1-4H3,(H,36,37)/t17-,18?/m1/s1. The minimum absolute atomic E-state index is 0.0766. The number of aryl methyl sites for hydroxylation is 1. The third-order valence-corrected chi connectivity index (χ3v) is 7.84. The molecule has 0 spiro atoms. The SMILES string of the molecule is Cc1cc([C@@H](C)Nc2ccc(Cl)nc2C(=O)O)c2oc(C3=CCN(C(=O)OC(C)C4CC4)CC3)c(C)c(=O)c2c1. The fourth-order valence-corrected chi connectivity index (χ4v) is 5.31. The molecule has 1 aromatic carbocycles. The first-order valence-corrected chi connectivity index (χ1v) is 13.8. The number of rotatable bonds is 7. The lowest BCUT2D eigenvalue weighted by molar-refractivity contribution is 0.0635. The first-order valence-electron chi connectivity index (χ1n) is 13.4. The Morgan fingerprint density at radius 1 is 1.23 bits per heavy atom. The number of pyridine rings is 1. The molecule has 0 saturated heterocycles. The van der Waals surface area contributed by atoms with Crippen LogP contribution in [0.15, 0.2) is 39.6 Å². The van der Waals surface area contributed by atoms with Crippen molar-refractivity contribution in [2.45, 2.75) is 59.1 Å². The summed E-state index contributed by atoms with van der Waals surface area (Å²) in [4.78, 5) is 43.5. The number of halogens is 1. The van der Waals surface area contributed by atoms with Gasteiger partial charge in [-0.3, -0.25) is 4.79 Å². The molecule has 10 heteroatoms. The summed E-state index contributed by atoms with van der Waals surface area (Å²) in [7, 11) is 0. The summed E-state index contributed by atoms with van der Waals surface area (Å²) < 4.78 is 12.1. The summed E-state index contributed by atoms with van der Waals surface area (Å²) >= 11 is 5.91. The van der Waals surface area contributed by atoms with Crippen LogP contribution < -0.4 is 10.7 Å². The minimum Gasteiger partial charge on any atom is -0.476 e. The lowest BCUT2D eigenvalue weighted by atomic mass is 9.97. The average molecular weight is 566 g/mol. The smallest absolute Gasteiger partial charge is 0.410 e. The molecule has 1 aliphatic heterocycles. The van der Waals surface area contributed by atoms with Crippen LogP contribution in [0.5, 0.6) is 0 Å². The van der Waals surface area contributed by atoms with Gasteiger partial charge in [0.05, 0.1) is 17.1 Å². The van der Waals surface area contributed by atoms with Crippen molar-refractivity contribution >= 4 is 45.9 Å². The third kappa shape index (κ3) is 5.56. The number of aromatic nitrogens is 1. The summed E-state index contributed by atoms with van der Waals surface area (Å²) in [6.07, 6.45) is 4.25. The molecule has 3 heterocycles. The number of hydrogen-bond acceptors (Lipinski definition) is 7. The van der Waals surface area contributed by atoms with Gasteiger partial charge in [-0.25, -0.2) is 14.6 Å². The molecule has 210 valence electrons. The average Bonchev–Trinajstić information content (AvgIpc) is 3.77. The Morgan fingerprint density at radius 3 is 2.62 bits per heavy atom. The largest absolute Gasteiger partial charge is 0.476 e. The zero-order valence-corrected chi connectivity index (χ0v) is 23.7. The fraction of sp³-hybridized carbons (Fsp3) is 0.400. The highest BCUT2D eigenvalue weighted by Gasteiger charge is 2.32. The molecule has 1 aliphatic carbocycles. The molecule has 2 aromatic heterocycles. The van der Waals surface area contributed by atoms with Crippen LogP contribution in [0.4, 0.5) is 10.5 Å². The van der Waals surface area contributed by atoms with Gasteiger partial charge in [0, 0.05) is 24.2 Å². The predicted molar refractivity (Wildman–Crippen MR) is 153 cm³/mol. The molecule has 2 aliphatic rings. The predicted octanol–water partition coefficient (Wildman–Crippen LogP) is 6.35. The quantitative estimate of drug-likeness (QED) is 0.318. The minimum atomic E-state index is -1.21. The summed E-state index contributed by atoms with van der Waals surface area (Å²) in [5, 5.41) is 13.3. The number of benzene rings is 1. The lowest BCUT2D eigenvalue weighted by Crippen LogP contribution is -2.37. The van der Waals surface area contributed by atoms with Crippen LogP contribution in [0.2, 0.25) is 5.15 Å². The molecule has 2 N–H and O–H groups in total. The van der Waals surface area contributed by atoms with E-state index in [1.54, 1.807) is 24.0 Å². The Bertz CT molecular complexity index is 1590. The van der Waals surface area contributed by atoms with Crippen molar-refractivity contribution in [2.75, 3.05) is 18.4 Å². The van der Waals surface area contributed by atoms with E-state index in [2.05, 4.69) is 10.3 Å². The molecule has 1 saturated carbocycles. The number of anilines is 1. The van der Waals surface area contributed by atoms with Crippen molar-refractivity contribution in [3.05, 3.63) is 73.9 Å². The van der Waals surface area contributed by atoms with Gasteiger partial charge in [0.15, 0.2) is 11.1 Å². The third-order valence-electron chi connectivity index (χ3n) is 7.63. The van der Waals surface area contributed by atoms with Crippen LogP contribution in [-0.4, -0.2) is 46.2 Å². The Morgan fingerprint density at radius 2 is 1.98 bits per heavy atom. The number of carboxylic acid groups (broad SMARTS) is 1. The van der Waals surface area contributed by atoms with Gasteiger partial charge in [-0.05, 0) is 82.2 Å². The molecule has 1 unspecified atom stereocenters. The van der Waals surface area contributed by atoms with Gasteiger partial charge in [-0.1, -0.05) is 23.7 Å². The van der Waals surface area contributed by atoms with Crippen LogP contribution in [0, 0.1) is 19.8 Å². The zero-order chi connectivity index (χ0) is 28.7. The number of carbonyl (C=O) groups is 2. The van der Waals surface area contributed by atoms with Gasteiger partial charge >= 0.3 is 12.1 Å². The highest BCUT2D eigenvalue weighted by atomic mass is 35.5. The molecule has 0 radical (unpaired) electrons. The Labute approximate surface area is 236 Å². The number of amides is 1. The number of nitrogens with one attached hydrogen (secondary N) is 1. The highest BCUT2D eigenvalue weighted by Crippen LogP contribution is 2.35. The Kier molecular flexibility index (Phi) is 7.59. The van der Waals surface area contributed by atoms with Crippen molar-refractivity contribution in [3.8, 4) is 0 Å². The first-order chi connectivity index (χ1) is 19.0. The second-order valence-electron chi connectivity index (χ2n) is 10.7. The molecular weight excluding hydrogens is 534 g/mol. The monoisotopic (exact) mass is 565 g/mol. The summed E-state index contributed by atoms with van der Waals surface area (Å²) in [5.74, 6) is -0.246. The topological polar surface area (TPSA) is 122 Å². The van der Waals surface area contributed by atoms with Crippen LogP contribution >= 0.6 is 11.6 Å². The number of fused-ring (bicyclic) bond motifs is 1. The second kappa shape index (κ2) is 11.0. The molecule has 3 aromatic rings. The molecule has 0 bridgehead atoms. The highest BCUT2D eigenvalue weighted by molar-refractivity contribution is 6.29. The van der Waals surface area contributed by atoms with Gasteiger partial charge in [-0.2, -0.15) is 0 Å². The van der Waals surface area contributed by atoms with E-state index < -0.39 is 12.0 Å². The van der Waals surface area contributed by atoms with E-state index in [1.165, 1.54) is 6.07 Å². The van der Waals surface area contributed by atoms with E-state index in [1.807, 2.05) is 32.9 Å². The van der Waals surface area contributed by atoms with E-state index in [-0.39, 0.29) is 28.5 Å². The van der Waals surface area contributed by atoms with Crippen LogP contribution in [0.3, 0.4) is 0 Å². The number of nitrogens with zero attached hydrogens (tertiary/aromatic N) is 2. The van der Waals surface area contributed by atoms with Gasteiger partial charge in [0.2, 0.25) is 0 Å². The molecule has 5 rings (SSSR count). The van der Waals surface area contributed by atoms with Crippen LogP contribution in [-0.2, 0) is 4.74 Å². The normalized spacial score (nSPS) is 16.8. The number of carboxylic acids is 1. The zero-order valence-electron chi connectivity index (χ0n) is 22.9. The second-order valence-corrected chi connectivity index (χ2v) is 11.1. The van der Waals surface area contributed by atoms with Crippen molar-refractivity contribution < 1.29 is 23.8 Å². The maximum Gasteiger partial charge on any atom is 0.410 e. The number of carbonyl (C=O) groups excluding carboxylic acids is 1. The maximum atomic E-state index is 13.5. The van der Waals surface area contributed by atoms with E-state index in [0.717, 1.165) is 24.0 Å². The Hall–Kier alpha value is -3.85. The first kappa shape index (κ1) is 27.7. The Balaban J connectivity index is 1.47. The van der Waals surface area contributed by atoms with Crippen LogP contribution in [0.1, 0.15) is 72.1 Å². The summed E-state index contributed by atoms with van der Waals surface area (Å²) in [5.41, 5.74) is 3.33. The van der Waals surface area contributed by atoms with Gasteiger partial charge in [0.1, 0.15) is 22.6 Å². The van der Waals surface area contributed by atoms with Gasteiger partial charge < -0.3 is 24.5 Å². The molecule has 1 amide bonds. The van der Waals surface area contributed by atoms with E-state index in [4.69, 9.17) is 20.8 Å². The van der Waals surface area contributed by atoms with Crippen molar-refractivity contribution in [1.29, 1.82) is 0 Å². The summed E-state index contributed by atoms with van der Waals surface area (Å²) in [6.45, 7) is 8.28. The van der Waals surface area contributed by atoms with Crippen molar-refractivity contribution in [3.63, 3.8) is 0 Å². The van der Waals surface area contributed by atoms with E-state index >= 15 is 0 Å². The van der Waals surface area contributed by atoms with Gasteiger partial charge in [-0.15, -0.1) is 0 Å². The lowest BCUT2D eigenvalue weighted by Gasteiger charge is -2.27. The van der Waals surface area contributed by atoms with E-state index in [9.17, 15) is 19.5 Å². The molecule has 40 heavy (non-hydrogen) atoms. The number of ether oxygens (including phenoxy) is 1. The molecule has 1 fully saturated rings. The molecule has 9 nitrogen and oxygen atoms in total. The van der Waals surface area contributed by atoms with Gasteiger partial charge in [0.25, 0.3) is 0 Å². The summed E-state index contributed by atoms with van der Waals surface area (Å²) in [6, 6.07) is 6.37. The number of aromatic carboxylic acids is 1. The van der Waals surface area contributed by atoms with Crippen molar-refractivity contribution in [1.82, 2.24) is 9.88 Å². The van der Waals surface area contributed by atoms with E-state index in [0.29, 0.717) is 59.0 Å². The maximum absolute atomic E-state index is 13.5.